The van der Waals surface area contributed by atoms with E-state index in [0.717, 1.165) is 27.0 Å². The van der Waals surface area contributed by atoms with Crippen LogP contribution in [0.2, 0.25) is 0 Å². The standard InChI is InChI=1S/C14H12N2OS/c1-9-14(18-8-16-9)13(17)11-4-2-6-12-10(11)5-3-7-15-12/h2-8,13,17H,1H3. The number of nitrogens with zero attached hydrogens (tertiary/aromatic N) is 2. The van der Waals surface area contributed by atoms with Crippen LogP contribution in [0, 0.1) is 6.92 Å². The van der Waals surface area contributed by atoms with E-state index in [4.69, 9.17) is 0 Å². The van der Waals surface area contributed by atoms with Crippen molar-refractivity contribution in [2.24, 2.45) is 0 Å². The van der Waals surface area contributed by atoms with E-state index in [0.29, 0.717) is 0 Å². The Morgan fingerprint density at radius 2 is 2.06 bits per heavy atom. The molecule has 0 radical (unpaired) electrons. The van der Waals surface area contributed by atoms with Crippen molar-refractivity contribution >= 4 is 22.2 Å². The fourth-order valence-corrected chi connectivity index (χ4v) is 2.88. The molecule has 0 spiro atoms. The van der Waals surface area contributed by atoms with Crippen LogP contribution in [0.25, 0.3) is 10.9 Å². The van der Waals surface area contributed by atoms with Crippen molar-refractivity contribution in [2.45, 2.75) is 13.0 Å². The summed E-state index contributed by atoms with van der Waals surface area (Å²) in [4.78, 5) is 9.39. The summed E-state index contributed by atoms with van der Waals surface area (Å²) in [6.07, 6.45) is 1.13. The molecule has 0 aliphatic carbocycles. The molecule has 2 aromatic heterocycles. The molecule has 1 N–H and O–H groups in total. The topological polar surface area (TPSA) is 46.0 Å². The van der Waals surface area contributed by atoms with Gasteiger partial charge in [-0.3, -0.25) is 4.98 Å². The molecule has 18 heavy (non-hydrogen) atoms. The van der Waals surface area contributed by atoms with Crippen molar-refractivity contribution in [2.75, 3.05) is 0 Å². The Kier molecular flexibility index (Phi) is 2.81. The van der Waals surface area contributed by atoms with Gasteiger partial charge in [-0.15, -0.1) is 11.3 Å². The van der Waals surface area contributed by atoms with Crippen LogP contribution in [0.5, 0.6) is 0 Å². The number of hydrogen-bond acceptors (Lipinski definition) is 4. The summed E-state index contributed by atoms with van der Waals surface area (Å²) in [7, 11) is 0. The average Bonchev–Trinajstić information content (AvgIpc) is 2.83. The van der Waals surface area contributed by atoms with Crippen LogP contribution in [-0.4, -0.2) is 15.1 Å². The fourth-order valence-electron chi connectivity index (χ4n) is 2.08. The zero-order valence-electron chi connectivity index (χ0n) is 9.87. The Labute approximate surface area is 109 Å². The number of aliphatic hydroxyl groups is 1. The maximum absolute atomic E-state index is 10.5. The van der Waals surface area contributed by atoms with Crippen molar-refractivity contribution in [3.05, 3.63) is 58.2 Å². The molecule has 3 aromatic rings. The maximum atomic E-state index is 10.5. The summed E-state index contributed by atoms with van der Waals surface area (Å²) in [5.41, 5.74) is 4.43. The third-order valence-electron chi connectivity index (χ3n) is 3.00. The van der Waals surface area contributed by atoms with Gasteiger partial charge < -0.3 is 5.11 Å². The molecule has 0 saturated heterocycles. The second kappa shape index (κ2) is 4.48. The largest absolute Gasteiger partial charge is 0.383 e. The van der Waals surface area contributed by atoms with E-state index in [1.807, 2.05) is 37.3 Å². The molecule has 0 bridgehead atoms. The number of aryl methyl sites for hydroxylation is 1. The summed E-state index contributed by atoms with van der Waals surface area (Å²) in [6.45, 7) is 1.92. The van der Waals surface area contributed by atoms with E-state index >= 15 is 0 Å². The second-order valence-corrected chi connectivity index (χ2v) is 5.01. The Bertz CT molecular complexity index is 688. The van der Waals surface area contributed by atoms with Gasteiger partial charge in [0.2, 0.25) is 0 Å². The number of aliphatic hydroxyl groups excluding tert-OH is 1. The van der Waals surface area contributed by atoms with E-state index in [1.165, 1.54) is 11.3 Å². The summed E-state index contributed by atoms with van der Waals surface area (Å²) in [5, 5.41) is 11.5. The second-order valence-electron chi connectivity index (χ2n) is 4.12. The Morgan fingerprint density at radius 3 is 2.83 bits per heavy atom. The van der Waals surface area contributed by atoms with Crippen LogP contribution in [-0.2, 0) is 0 Å². The van der Waals surface area contributed by atoms with Crippen LogP contribution in [0.3, 0.4) is 0 Å². The first-order chi connectivity index (χ1) is 8.77. The van der Waals surface area contributed by atoms with Gasteiger partial charge in [0, 0.05) is 11.6 Å². The van der Waals surface area contributed by atoms with Gasteiger partial charge >= 0.3 is 0 Å². The summed E-state index contributed by atoms with van der Waals surface area (Å²) in [5.74, 6) is 0. The lowest BCUT2D eigenvalue weighted by Crippen LogP contribution is -2.00. The van der Waals surface area contributed by atoms with Crippen molar-refractivity contribution in [1.82, 2.24) is 9.97 Å². The molecular formula is C14H12N2OS. The van der Waals surface area contributed by atoms with Crippen LogP contribution < -0.4 is 0 Å². The minimum Gasteiger partial charge on any atom is -0.383 e. The maximum Gasteiger partial charge on any atom is 0.116 e. The molecule has 0 aliphatic heterocycles. The molecule has 0 amide bonds. The molecule has 3 nitrogen and oxygen atoms in total. The molecular weight excluding hydrogens is 244 g/mol. The Morgan fingerprint density at radius 1 is 1.17 bits per heavy atom. The van der Waals surface area contributed by atoms with Gasteiger partial charge in [0.25, 0.3) is 0 Å². The van der Waals surface area contributed by atoms with E-state index in [9.17, 15) is 5.11 Å². The van der Waals surface area contributed by atoms with E-state index in [1.54, 1.807) is 11.7 Å². The SMILES string of the molecule is Cc1ncsc1C(O)c1cccc2ncccc12. The molecule has 4 heteroatoms. The lowest BCUT2D eigenvalue weighted by atomic mass is 10.0. The molecule has 90 valence electrons. The summed E-state index contributed by atoms with van der Waals surface area (Å²) in [6, 6.07) is 9.68. The summed E-state index contributed by atoms with van der Waals surface area (Å²) >= 11 is 1.48. The average molecular weight is 256 g/mol. The number of thiazole rings is 1. The molecule has 1 unspecified atom stereocenters. The number of aromatic nitrogens is 2. The van der Waals surface area contributed by atoms with Crippen molar-refractivity contribution in [3.8, 4) is 0 Å². The predicted octanol–water partition coefficient (Wildman–Crippen LogP) is 3.08. The molecule has 0 fully saturated rings. The number of benzene rings is 1. The van der Waals surface area contributed by atoms with Crippen LogP contribution in [0.1, 0.15) is 22.2 Å². The highest BCUT2D eigenvalue weighted by Crippen LogP contribution is 2.31. The fraction of sp³-hybridized carbons (Fsp3) is 0.143. The number of fused-ring (bicyclic) bond motifs is 1. The normalized spacial score (nSPS) is 12.8. The van der Waals surface area contributed by atoms with Gasteiger partial charge in [0.1, 0.15) is 6.10 Å². The van der Waals surface area contributed by atoms with E-state index in [-0.39, 0.29) is 0 Å². The lowest BCUT2D eigenvalue weighted by molar-refractivity contribution is 0.224. The molecule has 3 rings (SSSR count). The quantitative estimate of drug-likeness (QED) is 0.766. The molecule has 2 heterocycles. The monoisotopic (exact) mass is 256 g/mol. The predicted molar refractivity (Wildman–Crippen MR) is 72.7 cm³/mol. The van der Waals surface area contributed by atoms with Gasteiger partial charge in [0.05, 0.1) is 21.6 Å². The first kappa shape index (κ1) is 11.3. The van der Waals surface area contributed by atoms with Crippen molar-refractivity contribution < 1.29 is 5.11 Å². The zero-order valence-corrected chi connectivity index (χ0v) is 10.7. The third kappa shape index (κ3) is 1.79. The van der Waals surface area contributed by atoms with Gasteiger partial charge in [-0.25, -0.2) is 4.98 Å². The first-order valence-electron chi connectivity index (χ1n) is 5.69. The van der Waals surface area contributed by atoms with Crippen LogP contribution in [0.4, 0.5) is 0 Å². The minimum atomic E-state index is -0.634. The van der Waals surface area contributed by atoms with Gasteiger partial charge in [-0.2, -0.15) is 0 Å². The zero-order chi connectivity index (χ0) is 12.5. The van der Waals surface area contributed by atoms with Gasteiger partial charge in [-0.05, 0) is 24.6 Å². The van der Waals surface area contributed by atoms with E-state index in [2.05, 4.69) is 9.97 Å². The number of rotatable bonds is 2. The minimum absolute atomic E-state index is 0.634. The lowest BCUT2D eigenvalue weighted by Gasteiger charge is -2.12. The Hall–Kier alpha value is -1.78. The third-order valence-corrected chi connectivity index (χ3v) is 3.99. The molecule has 1 aromatic carbocycles. The number of pyridine rings is 1. The molecule has 1 atom stereocenters. The van der Waals surface area contributed by atoms with E-state index < -0.39 is 6.10 Å². The molecule has 0 saturated carbocycles. The van der Waals surface area contributed by atoms with Gasteiger partial charge in [0.15, 0.2) is 0 Å². The van der Waals surface area contributed by atoms with Crippen molar-refractivity contribution in [1.29, 1.82) is 0 Å². The first-order valence-corrected chi connectivity index (χ1v) is 6.57. The highest BCUT2D eigenvalue weighted by molar-refractivity contribution is 7.09. The highest BCUT2D eigenvalue weighted by atomic mass is 32.1. The number of hydrogen-bond donors (Lipinski definition) is 1. The van der Waals surface area contributed by atoms with Crippen molar-refractivity contribution in [3.63, 3.8) is 0 Å². The van der Waals surface area contributed by atoms with Gasteiger partial charge in [-0.1, -0.05) is 18.2 Å². The molecule has 0 aliphatic rings. The van der Waals surface area contributed by atoms with Crippen LogP contribution >= 0.6 is 11.3 Å². The smallest absolute Gasteiger partial charge is 0.116 e. The van der Waals surface area contributed by atoms with Crippen LogP contribution in [0.15, 0.2) is 42.0 Å². The highest BCUT2D eigenvalue weighted by Gasteiger charge is 2.17. The summed E-state index contributed by atoms with van der Waals surface area (Å²) < 4.78 is 0. The Balaban J connectivity index is 2.18.